The summed E-state index contributed by atoms with van der Waals surface area (Å²) in [6.45, 7) is 0. The second kappa shape index (κ2) is 2.96. The highest BCUT2D eigenvalue weighted by molar-refractivity contribution is 6.38. The maximum Gasteiger partial charge on any atom is 0.0499 e. The molecule has 0 heterocycles. The fourth-order valence-corrected chi connectivity index (χ4v) is 1.80. The molecule has 0 saturated carbocycles. The molecule has 0 unspecified atom stereocenters. The first-order valence-electron chi connectivity index (χ1n) is 3.61. The van der Waals surface area contributed by atoms with E-state index in [4.69, 9.17) is 23.2 Å². The van der Waals surface area contributed by atoms with Gasteiger partial charge in [0.1, 0.15) is 0 Å². The van der Waals surface area contributed by atoms with Gasteiger partial charge in [-0.2, -0.15) is 0 Å². The van der Waals surface area contributed by atoms with Crippen LogP contribution in [0.1, 0.15) is 0 Å². The molecular weight excluding hydrogens is 191 g/mol. The predicted molar refractivity (Wildman–Crippen MR) is 54.0 cm³/mol. The Morgan fingerprint density at radius 3 is 2.50 bits per heavy atom. The van der Waals surface area contributed by atoms with Crippen LogP contribution in [0.5, 0.6) is 0 Å². The first-order chi connectivity index (χ1) is 5.77. The van der Waals surface area contributed by atoms with Crippen molar-refractivity contribution in [3.05, 3.63) is 46.4 Å². The number of hydrogen-bond donors (Lipinski definition) is 0. The molecule has 60 valence electrons. The standard InChI is InChI=1S/C10H6Cl2/c11-8-5-7-3-1-2-4-9(7)10(12)6-8/h1-6H. The van der Waals surface area contributed by atoms with Crippen LogP contribution in [0.3, 0.4) is 0 Å². The molecule has 0 saturated heterocycles. The van der Waals surface area contributed by atoms with E-state index in [0.29, 0.717) is 10.0 Å². The molecule has 0 aliphatic heterocycles. The average Bonchev–Trinajstić information content (AvgIpc) is 2.04. The van der Waals surface area contributed by atoms with E-state index in [0.717, 1.165) is 10.8 Å². The van der Waals surface area contributed by atoms with Crippen LogP contribution in [-0.4, -0.2) is 0 Å². The van der Waals surface area contributed by atoms with Crippen molar-refractivity contribution < 1.29 is 0 Å². The molecule has 0 bridgehead atoms. The van der Waals surface area contributed by atoms with Gasteiger partial charge in [-0.15, -0.1) is 0 Å². The molecular formula is C10H6Cl2. The molecule has 0 N–H and O–H groups in total. The van der Waals surface area contributed by atoms with Crippen LogP contribution in [0.2, 0.25) is 10.0 Å². The molecule has 2 aromatic rings. The van der Waals surface area contributed by atoms with Crippen LogP contribution in [0.25, 0.3) is 10.8 Å². The quantitative estimate of drug-likeness (QED) is 0.595. The predicted octanol–water partition coefficient (Wildman–Crippen LogP) is 4.15. The monoisotopic (exact) mass is 196 g/mol. The van der Waals surface area contributed by atoms with Crippen molar-refractivity contribution in [1.82, 2.24) is 0 Å². The van der Waals surface area contributed by atoms with Crippen LogP contribution in [0.4, 0.5) is 0 Å². The molecule has 0 radical (unpaired) electrons. The molecule has 2 aromatic carbocycles. The van der Waals surface area contributed by atoms with Gasteiger partial charge in [-0.05, 0) is 17.5 Å². The molecule has 2 heteroatoms. The zero-order chi connectivity index (χ0) is 8.55. The Morgan fingerprint density at radius 1 is 0.917 bits per heavy atom. The van der Waals surface area contributed by atoms with Crippen LogP contribution in [0, 0.1) is 0 Å². The second-order valence-corrected chi connectivity index (χ2v) is 3.45. The zero-order valence-corrected chi connectivity index (χ0v) is 7.73. The van der Waals surface area contributed by atoms with E-state index in [1.54, 1.807) is 6.07 Å². The third-order valence-corrected chi connectivity index (χ3v) is 2.31. The highest BCUT2D eigenvalue weighted by Gasteiger charge is 1.98. The topological polar surface area (TPSA) is 0 Å². The maximum atomic E-state index is 5.98. The Labute approximate surface area is 80.7 Å². The molecule has 2 rings (SSSR count). The summed E-state index contributed by atoms with van der Waals surface area (Å²) in [4.78, 5) is 0. The lowest BCUT2D eigenvalue weighted by atomic mass is 10.1. The maximum absolute atomic E-state index is 5.98. The van der Waals surface area contributed by atoms with E-state index in [1.165, 1.54) is 0 Å². The van der Waals surface area contributed by atoms with Gasteiger partial charge in [0.05, 0.1) is 0 Å². The average molecular weight is 197 g/mol. The van der Waals surface area contributed by atoms with Gasteiger partial charge in [0.25, 0.3) is 0 Å². The Kier molecular flexibility index (Phi) is 1.95. The summed E-state index contributed by atoms with van der Waals surface area (Å²) >= 11 is 11.8. The van der Waals surface area contributed by atoms with Gasteiger partial charge in [0, 0.05) is 15.4 Å². The number of benzene rings is 2. The number of fused-ring (bicyclic) bond motifs is 1. The highest BCUT2D eigenvalue weighted by atomic mass is 35.5. The lowest BCUT2D eigenvalue weighted by Gasteiger charge is -1.99. The summed E-state index contributed by atoms with van der Waals surface area (Å²) in [6.07, 6.45) is 0. The summed E-state index contributed by atoms with van der Waals surface area (Å²) in [5.41, 5.74) is 0. The van der Waals surface area contributed by atoms with Gasteiger partial charge in [-0.25, -0.2) is 0 Å². The van der Waals surface area contributed by atoms with Crippen molar-refractivity contribution in [3.8, 4) is 0 Å². The Hall–Kier alpha value is -0.720. The molecule has 0 nitrogen and oxygen atoms in total. The van der Waals surface area contributed by atoms with Crippen LogP contribution >= 0.6 is 23.2 Å². The Morgan fingerprint density at radius 2 is 1.67 bits per heavy atom. The number of halogens is 2. The number of hydrogen-bond acceptors (Lipinski definition) is 0. The fourth-order valence-electron chi connectivity index (χ4n) is 1.23. The summed E-state index contributed by atoms with van der Waals surface area (Å²) in [5, 5.41) is 3.51. The molecule has 0 spiro atoms. The lowest BCUT2D eigenvalue weighted by molar-refractivity contribution is 1.74. The van der Waals surface area contributed by atoms with E-state index in [2.05, 4.69) is 0 Å². The van der Waals surface area contributed by atoms with Gasteiger partial charge < -0.3 is 0 Å². The minimum Gasteiger partial charge on any atom is -0.0843 e. The molecule has 12 heavy (non-hydrogen) atoms. The number of rotatable bonds is 0. The smallest absolute Gasteiger partial charge is 0.0499 e. The Bertz CT molecular complexity index is 421. The molecule has 0 amide bonds. The molecule has 0 atom stereocenters. The van der Waals surface area contributed by atoms with Crippen molar-refractivity contribution in [3.63, 3.8) is 0 Å². The summed E-state index contributed by atoms with van der Waals surface area (Å²) < 4.78 is 0. The molecule has 0 aliphatic carbocycles. The summed E-state index contributed by atoms with van der Waals surface area (Å²) in [7, 11) is 0. The summed E-state index contributed by atoms with van der Waals surface area (Å²) in [6, 6.07) is 11.6. The summed E-state index contributed by atoms with van der Waals surface area (Å²) in [5.74, 6) is 0. The van der Waals surface area contributed by atoms with Gasteiger partial charge in [0.15, 0.2) is 0 Å². The zero-order valence-electron chi connectivity index (χ0n) is 6.22. The third-order valence-electron chi connectivity index (χ3n) is 1.78. The molecule has 0 fully saturated rings. The fraction of sp³-hybridized carbons (Fsp3) is 0. The third kappa shape index (κ3) is 1.28. The van der Waals surface area contributed by atoms with Crippen LogP contribution < -0.4 is 0 Å². The van der Waals surface area contributed by atoms with Gasteiger partial charge >= 0.3 is 0 Å². The largest absolute Gasteiger partial charge is 0.0843 e. The normalized spacial score (nSPS) is 10.5. The Balaban J connectivity index is 2.89. The van der Waals surface area contributed by atoms with Crippen molar-refractivity contribution in [1.29, 1.82) is 0 Å². The van der Waals surface area contributed by atoms with Crippen LogP contribution in [-0.2, 0) is 0 Å². The highest BCUT2D eigenvalue weighted by Crippen LogP contribution is 2.27. The van der Waals surface area contributed by atoms with E-state index in [1.807, 2.05) is 30.3 Å². The van der Waals surface area contributed by atoms with E-state index in [-0.39, 0.29) is 0 Å². The molecule has 0 aliphatic rings. The van der Waals surface area contributed by atoms with Crippen molar-refractivity contribution in [2.75, 3.05) is 0 Å². The van der Waals surface area contributed by atoms with Gasteiger partial charge in [0.2, 0.25) is 0 Å². The minimum atomic E-state index is 0.679. The SMILES string of the molecule is Clc1cc(Cl)c2ccccc2c1. The van der Waals surface area contributed by atoms with Gasteiger partial charge in [-0.1, -0.05) is 47.5 Å². The van der Waals surface area contributed by atoms with Crippen LogP contribution in [0.15, 0.2) is 36.4 Å². The first kappa shape index (κ1) is 7.90. The van der Waals surface area contributed by atoms with Crippen molar-refractivity contribution in [2.24, 2.45) is 0 Å². The van der Waals surface area contributed by atoms with E-state index >= 15 is 0 Å². The second-order valence-electron chi connectivity index (χ2n) is 2.61. The first-order valence-corrected chi connectivity index (χ1v) is 4.37. The minimum absolute atomic E-state index is 0.679. The van der Waals surface area contributed by atoms with Gasteiger partial charge in [-0.3, -0.25) is 0 Å². The van der Waals surface area contributed by atoms with E-state index < -0.39 is 0 Å². The van der Waals surface area contributed by atoms with Crippen molar-refractivity contribution >= 4 is 34.0 Å². The van der Waals surface area contributed by atoms with E-state index in [9.17, 15) is 0 Å². The van der Waals surface area contributed by atoms with Crippen molar-refractivity contribution in [2.45, 2.75) is 0 Å². The lowest BCUT2D eigenvalue weighted by Crippen LogP contribution is -1.73. The molecule has 0 aromatic heterocycles.